The van der Waals surface area contributed by atoms with Crippen LogP contribution in [0.1, 0.15) is 0 Å². The van der Waals surface area contributed by atoms with Gasteiger partial charge >= 0.3 is 0 Å². The van der Waals surface area contributed by atoms with E-state index in [4.69, 9.17) is 11.5 Å². The van der Waals surface area contributed by atoms with Crippen molar-refractivity contribution in [1.29, 1.82) is 0 Å². The number of hydrogen-bond acceptors (Lipinski definition) is 4. The fraction of sp³-hybridized carbons (Fsp3) is 0. The summed E-state index contributed by atoms with van der Waals surface area (Å²) in [5.41, 5.74) is 10.4. The Balaban J connectivity index is 2.64. The van der Waals surface area contributed by atoms with E-state index in [0.29, 0.717) is 5.82 Å². The van der Waals surface area contributed by atoms with Crippen molar-refractivity contribution in [3.05, 3.63) is 24.0 Å². The van der Waals surface area contributed by atoms with Crippen LogP contribution < -0.4 is 22.1 Å². The van der Waals surface area contributed by atoms with E-state index in [1.165, 1.54) is 0 Å². The summed E-state index contributed by atoms with van der Waals surface area (Å²) in [7, 11) is 0. The van der Waals surface area contributed by atoms with Crippen LogP contribution in [0.15, 0.2) is 24.0 Å². The lowest BCUT2D eigenvalue weighted by atomic mass is 10.7. The van der Waals surface area contributed by atoms with Crippen molar-refractivity contribution in [2.45, 2.75) is 0 Å². The van der Waals surface area contributed by atoms with Crippen LogP contribution in [-0.2, 0) is 0 Å². The first-order chi connectivity index (χ1) is 3.80. The molecule has 0 bridgehead atoms. The molecule has 0 aromatic carbocycles. The van der Waals surface area contributed by atoms with Crippen molar-refractivity contribution in [2.75, 3.05) is 0 Å². The van der Waals surface area contributed by atoms with Crippen LogP contribution in [0.3, 0.4) is 0 Å². The summed E-state index contributed by atoms with van der Waals surface area (Å²) in [4.78, 5) is 0. The van der Waals surface area contributed by atoms with Crippen molar-refractivity contribution in [3.63, 3.8) is 0 Å². The second-order valence-corrected chi connectivity index (χ2v) is 1.45. The van der Waals surface area contributed by atoms with Crippen molar-refractivity contribution in [3.8, 4) is 0 Å². The van der Waals surface area contributed by atoms with Crippen molar-refractivity contribution < 1.29 is 0 Å². The van der Waals surface area contributed by atoms with E-state index < -0.39 is 0 Å². The number of hydrogen-bond donors (Lipinski definition) is 4. The highest BCUT2D eigenvalue weighted by molar-refractivity contribution is 5.13. The van der Waals surface area contributed by atoms with Gasteiger partial charge in [0.2, 0.25) is 0 Å². The van der Waals surface area contributed by atoms with Crippen molar-refractivity contribution in [1.82, 2.24) is 10.6 Å². The van der Waals surface area contributed by atoms with Gasteiger partial charge in [-0.2, -0.15) is 0 Å². The molecule has 44 valence electrons. The third-order valence-corrected chi connectivity index (χ3v) is 0.827. The maximum atomic E-state index is 5.19. The molecular weight excluding hydrogens is 104 g/mol. The Morgan fingerprint density at radius 3 is 2.00 bits per heavy atom. The molecule has 0 aliphatic carbocycles. The number of nitrogens with two attached hydrogens (primary N) is 2. The lowest BCUT2D eigenvalue weighted by Gasteiger charge is -1.99. The zero-order chi connectivity index (χ0) is 5.98. The Labute approximate surface area is 47.2 Å². The van der Waals surface area contributed by atoms with E-state index in [1.807, 2.05) is 0 Å². The maximum absolute atomic E-state index is 5.19. The molecule has 0 fully saturated rings. The Morgan fingerprint density at radius 1 is 1.25 bits per heavy atom. The summed E-state index contributed by atoms with van der Waals surface area (Å²) in [6.07, 6.45) is 3.43. The summed E-state index contributed by atoms with van der Waals surface area (Å²) in [6, 6.07) is 0. The smallest absolute Gasteiger partial charge is 0.148 e. The molecule has 1 aliphatic rings. The van der Waals surface area contributed by atoms with E-state index in [0.717, 1.165) is 0 Å². The molecule has 0 saturated heterocycles. The van der Waals surface area contributed by atoms with Gasteiger partial charge < -0.3 is 22.1 Å². The van der Waals surface area contributed by atoms with Gasteiger partial charge in [0, 0.05) is 12.4 Å². The van der Waals surface area contributed by atoms with Crippen LogP contribution in [0.2, 0.25) is 0 Å². The van der Waals surface area contributed by atoms with Crippen LogP contribution in [-0.4, -0.2) is 0 Å². The minimum atomic E-state index is 0.273. The average Bonchev–Trinajstić information content (AvgIpc) is 2.12. The van der Waals surface area contributed by atoms with Crippen molar-refractivity contribution >= 4 is 0 Å². The van der Waals surface area contributed by atoms with E-state index in [9.17, 15) is 0 Å². The molecule has 1 rings (SSSR count). The molecule has 0 saturated carbocycles. The maximum Gasteiger partial charge on any atom is 0.148 e. The van der Waals surface area contributed by atoms with E-state index in [1.54, 1.807) is 12.4 Å². The second kappa shape index (κ2) is 1.65. The molecule has 4 heteroatoms. The van der Waals surface area contributed by atoms with E-state index >= 15 is 0 Å². The first kappa shape index (κ1) is 4.83. The zero-order valence-corrected chi connectivity index (χ0v) is 4.31. The fourth-order valence-corrected chi connectivity index (χ4v) is 0.458. The van der Waals surface area contributed by atoms with Crippen LogP contribution in [0.25, 0.3) is 0 Å². The van der Waals surface area contributed by atoms with Crippen molar-refractivity contribution in [2.24, 2.45) is 11.5 Å². The Morgan fingerprint density at radius 2 is 1.75 bits per heavy atom. The fourth-order valence-electron chi connectivity index (χ4n) is 0.458. The summed E-state index contributed by atoms with van der Waals surface area (Å²) < 4.78 is 0. The highest BCUT2D eigenvalue weighted by Gasteiger charge is 1.98. The third kappa shape index (κ3) is 0.676. The van der Waals surface area contributed by atoms with Crippen LogP contribution in [0.5, 0.6) is 0 Å². The molecule has 8 heavy (non-hydrogen) atoms. The first-order valence-corrected chi connectivity index (χ1v) is 2.24. The van der Waals surface area contributed by atoms with Gasteiger partial charge in [0.25, 0.3) is 0 Å². The first-order valence-electron chi connectivity index (χ1n) is 2.24. The second-order valence-electron chi connectivity index (χ2n) is 1.45. The van der Waals surface area contributed by atoms with Gasteiger partial charge in [0.1, 0.15) is 11.6 Å². The van der Waals surface area contributed by atoms with Gasteiger partial charge in [-0.05, 0) is 0 Å². The highest BCUT2D eigenvalue weighted by atomic mass is 15.1. The molecule has 0 radical (unpaired) electrons. The topological polar surface area (TPSA) is 76.1 Å². The molecule has 1 heterocycles. The predicted molar refractivity (Wildman–Crippen MR) is 30.8 cm³/mol. The van der Waals surface area contributed by atoms with Gasteiger partial charge in [-0.3, -0.25) is 0 Å². The molecule has 1 aliphatic heterocycles. The predicted octanol–water partition coefficient (Wildman–Crippen LogP) is -1.31. The summed E-state index contributed by atoms with van der Waals surface area (Å²) in [6.45, 7) is 0. The third-order valence-electron chi connectivity index (χ3n) is 0.827. The lowest BCUT2D eigenvalue weighted by molar-refractivity contribution is 0.929. The molecule has 0 amide bonds. The molecule has 0 unspecified atom stereocenters. The average molecular weight is 112 g/mol. The lowest BCUT2D eigenvalue weighted by Crippen LogP contribution is -2.22. The Bertz CT molecular complexity index is 132. The largest absolute Gasteiger partial charge is 0.383 e. The van der Waals surface area contributed by atoms with Crippen LogP contribution in [0, 0.1) is 0 Å². The summed E-state index contributed by atoms with van der Waals surface area (Å²) >= 11 is 0. The zero-order valence-electron chi connectivity index (χ0n) is 4.31. The van der Waals surface area contributed by atoms with Gasteiger partial charge in [0.15, 0.2) is 0 Å². The quantitative estimate of drug-likeness (QED) is 0.314. The number of nitrogens with one attached hydrogen (secondary N) is 2. The Hall–Kier alpha value is -1.32. The van der Waals surface area contributed by atoms with E-state index in [-0.39, 0.29) is 5.82 Å². The Kier molecular flexibility index (Phi) is 0.997. The molecule has 0 spiro atoms. The normalized spacial score (nSPS) is 15.2. The van der Waals surface area contributed by atoms with Gasteiger partial charge in [-0.1, -0.05) is 0 Å². The SMILES string of the molecule is NC(N)=C1NC=CN1. The molecule has 0 aromatic heterocycles. The number of rotatable bonds is 0. The highest BCUT2D eigenvalue weighted by Crippen LogP contribution is 1.88. The summed E-state index contributed by atoms with van der Waals surface area (Å²) in [5, 5.41) is 5.59. The molecule has 4 nitrogen and oxygen atoms in total. The minimum absolute atomic E-state index is 0.273. The van der Waals surface area contributed by atoms with Gasteiger partial charge in [-0.15, -0.1) is 0 Å². The molecule has 6 N–H and O–H groups in total. The van der Waals surface area contributed by atoms with Gasteiger partial charge in [-0.25, -0.2) is 0 Å². The summed E-state index contributed by atoms with van der Waals surface area (Å²) in [5.74, 6) is 0.931. The standard InChI is InChI=1S/C4H8N4/c5-3(6)4-7-1-2-8-4/h1-2,7-8H,5-6H2. The minimum Gasteiger partial charge on any atom is -0.383 e. The molecule has 0 atom stereocenters. The van der Waals surface area contributed by atoms with Gasteiger partial charge in [0.05, 0.1) is 0 Å². The molecule has 0 aromatic rings. The van der Waals surface area contributed by atoms with Crippen LogP contribution >= 0.6 is 0 Å². The monoisotopic (exact) mass is 112 g/mol. The van der Waals surface area contributed by atoms with Crippen LogP contribution in [0.4, 0.5) is 0 Å². The molecular formula is C4H8N4. The van der Waals surface area contributed by atoms with E-state index in [2.05, 4.69) is 10.6 Å².